The predicted molar refractivity (Wildman–Crippen MR) is 89.4 cm³/mol. The van der Waals surface area contributed by atoms with Gasteiger partial charge in [-0.3, -0.25) is 4.98 Å². The van der Waals surface area contributed by atoms with Gasteiger partial charge >= 0.3 is 5.97 Å². The third kappa shape index (κ3) is 3.31. The summed E-state index contributed by atoms with van der Waals surface area (Å²) < 4.78 is 7.18. The van der Waals surface area contributed by atoms with Crippen LogP contribution in [-0.4, -0.2) is 38.3 Å². The second-order valence-corrected chi connectivity index (χ2v) is 6.26. The normalized spacial score (nSPS) is 17.8. The maximum Gasteiger partial charge on any atom is 0.329 e. The number of nitrogens with zero attached hydrogens (tertiary/aromatic N) is 4. The van der Waals surface area contributed by atoms with Gasteiger partial charge in [0, 0.05) is 6.07 Å². The van der Waals surface area contributed by atoms with Gasteiger partial charge in [-0.2, -0.15) is 9.78 Å². The number of aromatic nitrogens is 4. The number of hydrogen-bond acceptors (Lipinski definition) is 6. The highest BCUT2D eigenvalue weighted by molar-refractivity contribution is 5.78. The first-order valence-corrected chi connectivity index (χ1v) is 8.29. The van der Waals surface area contributed by atoms with Crippen molar-refractivity contribution in [3.05, 3.63) is 28.8 Å². The van der Waals surface area contributed by atoms with E-state index in [0.29, 0.717) is 11.7 Å². The summed E-state index contributed by atoms with van der Waals surface area (Å²) in [6.45, 7) is 8.40. The smallest absolute Gasteiger partial charge is 0.329 e. The van der Waals surface area contributed by atoms with Crippen LogP contribution in [0.15, 0.2) is 6.07 Å². The number of aryl methyl sites for hydroxylation is 4. The fourth-order valence-corrected chi connectivity index (χ4v) is 2.83. The highest BCUT2D eigenvalue weighted by atomic mass is 16.5. The van der Waals surface area contributed by atoms with Crippen LogP contribution in [0.5, 0.6) is 5.88 Å². The van der Waals surface area contributed by atoms with Crippen molar-refractivity contribution in [1.82, 2.24) is 25.1 Å². The Hall–Kier alpha value is -2.28. The van der Waals surface area contributed by atoms with Crippen LogP contribution in [0.1, 0.15) is 42.0 Å². The van der Waals surface area contributed by atoms with Gasteiger partial charge < -0.3 is 10.1 Å². The Morgan fingerprint density at radius 1 is 1.17 bits per heavy atom. The molecule has 1 aliphatic heterocycles. The van der Waals surface area contributed by atoms with E-state index in [0.717, 1.165) is 48.6 Å². The number of esters is 1. The van der Waals surface area contributed by atoms with Gasteiger partial charge in [-0.25, -0.2) is 9.78 Å². The molecule has 2 aromatic rings. The van der Waals surface area contributed by atoms with Crippen molar-refractivity contribution >= 4 is 5.97 Å². The van der Waals surface area contributed by atoms with E-state index in [4.69, 9.17) is 4.74 Å². The van der Waals surface area contributed by atoms with Crippen molar-refractivity contribution < 1.29 is 9.53 Å². The van der Waals surface area contributed by atoms with Crippen LogP contribution in [0.25, 0.3) is 5.82 Å². The molecule has 1 N–H and O–H groups in total. The molecule has 1 aliphatic rings. The maximum atomic E-state index is 12.4. The molecule has 2 aromatic heterocycles. The van der Waals surface area contributed by atoms with E-state index < -0.39 is 0 Å². The highest BCUT2D eigenvalue weighted by Gasteiger charge is 2.25. The van der Waals surface area contributed by atoms with E-state index in [1.807, 2.05) is 27.7 Å². The largest absolute Gasteiger partial charge is 0.406 e. The number of piperidine rings is 1. The molecule has 7 nitrogen and oxygen atoms in total. The highest BCUT2D eigenvalue weighted by Crippen LogP contribution is 2.22. The summed E-state index contributed by atoms with van der Waals surface area (Å²) in [7, 11) is 0. The van der Waals surface area contributed by atoms with Gasteiger partial charge in [0.15, 0.2) is 5.82 Å². The Bertz CT molecular complexity index is 763. The van der Waals surface area contributed by atoms with Crippen LogP contribution >= 0.6 is 0 Å². The Balaban J connectivity index is 1.91. The first-order valence-electron chi connectivity index (χ1n) is 8.29. The molecule has 0 bridgehead atoms. The number of hydrogen-bond donors (Lipinski definition) is 1. The fraction of sp³-hybridized carbons (Fsp3) is 0.529. The number of nitrogens with one attached hydrogen (secondary N) is 1. The first kappa shape index (κ1) is 16.6. The molecule has 3 rings (SSSR count). The maximum absolute atomic E-state index is 12.4. The molecule has 24 heavy (non-hydrogen) atoms. The van der Waals surface area contributed by atoms with Crippen molar-refractivity contribution in [1.29, 1.82) is 0 Å². The van der Waals surface area contributed by atoms with Gasteiger partial charge in [0.25, 0.3) is 0 Å². The Morgan fingerprint density at radius 2 is 1.92 bits per heavy atom. The molecule has 0 amide bonds. The minimum Gasteiger partial charge on any atom is -0.406 e. The molecule has 0 spiro atoms. The number of ether oxygens (including phenoxy) is 1. The average molecular weight is 329 g/mol. The summed E-state index contributed by atoms with van der Waals surface area (Å²) in [5.74, 6) is 0.696. The molecule has 0 saturated carbocycles. The van der Waals surface area contributed by atoms with Gasteiger partial charge in [0.05, 0.1) is 22.8 Å². The van der Waals surface area contributed by atoms with Crippen LogP contribution < -0.4 is 10.1 Å². The third-order valence-electron chi connectivity index (χ3n) is 4.26. The van der Waals surface area contributed by atoms with E-state index in [1.54, 1.807) is 10.7 Å². The molecular formula is C17H23N5O2. The lowest BCUT2D eigenvalue weighted by Crippen LogP contribution is -2.42. The third-order valence-corrected chi connectivity index (χ3v) is 4.26. The lowest BCUT2D eigenvalue weighted by atomic mass is 10.1. The van der Waals surface area contributed by atoms with E-state index >= 15 is 0 Å². The Kier molecular flexibility index (Phi) is 4.62. The molecule has 0 aliphatic carbocycles. The molecule has 0 aromatic carbocycles. The van der Waals surface area contributed by atoms with Gasteiger partial charge in [0.1, 0.15) is 6.04 Å². The molecule has 1 fully saturated rings. The van der Waals surface area contributed by atoms with E-state index in [9.17, 15) is 4.79 Å². The lowest BCUT2D eigenvalue weighted by Gasteiger charge is -2.21. The summed E-state index contributed by atoms with van der Waals surface area (Å²) in [6.07, 6.45) is 2.93. The summed E-state index contributed by atoms with van der Waals surface area (Å²) in [4.78, 5) is 21.5. The second-order valence-electron chi connectivity index (χ2n) is 6.26. The van der Waals surface area contributed by atoms with E-state index in [1.165, 1.54) is 0 Å². The molecule has 7 heteroatoms. The predicted octanol–water partition coefficient (Wildman–Crippen LogP) is 1.94. The SMILES string of the molecule is Cc1cc(OC(=O)C2CCCCN2)n(-c2nc(C)c(C)nc2C)n1. The Labute approximate surface area is 141 Å². The number of carbonyl (C=O) groups excluding carboxylic acids is 1. The summed E-state index contributed by atoms with van der Waals surface area (Å²) >= 11 is 0. The molecule has 0 radical (unpaired) electrons. The second kappa shape index (κ2) is 6.68. The van der Waals surface area contributed by atoms with Gasteiger partial charge in [-0.05, 0) is 47.1 Å². The topological polar surface area (TPSA) is 81.9 Å². The molecule has 1 saturated heterocycles. The summed E-state index contributed by atoms with van der Waals surface area (Å²) in [5, 5.41) is 7.63. The lowest BCUT2D eigenvalue weighted by molar-refractivity contribution is -0.137. The zero-order valence-corrected chi connectivity index (χ0v) is 14.6. The van der Waals surface area contributed by atoms with Crippen LogP contribution in [0.3, 0.4) is 0 Å². The first-order chi connectivity index (χ1) is 11.5. The average Bonchev–Trinajstić information content (AvgIpc) is 2.92. The molecule has 128 valence electrons. The van der Waals surface area contributed by atoms with Crippen LogP contribution in [-0.2, 0) is 4.79 Å². The molecule has 3 heterocycles. The van der Waals surface area contributed by atoms with Crippen molar-refractivity contribution in [3.8, 4) is 11.7 Å². The van der Waals surface area contributed by atoms with Crippen molar-refractivity contribution in [3.63, 3.8) is 0 Å². The zero-order valence-electron chi connectivity index (χ0n) is 14.6. The minimum atomic E-state index is -0.273. The standard InChI is InChI=1S/C17H23N5O2/c1-10-9-15(24-17(23)14-7-5-6-8-18-14)22(21-10)16-13(4)19-11(2)12(3)20-16/h9,14,18H,5-8H2,1-4H3. The quantitative estimate of drug-likeness (QED) is 0.867. The van der Waals surface area contributed by atoms with E-state index in [-0.39, 0.29) is 12.0 Å². The van der Waals surface area contributed by atoms with Gasteiger partial charge in [-0.1, -0.05) is 6.42 Å². The van der Waals surface area contributed by atoms with Crippen LogP contribution in [0.4, 0.5) is 0 Å². The zero-order chi connectivity index (χ0) is 17.3. The van der Waals surface area contributed by atoms with Crippen LogP contribution in [0, 0.1) is 27.7 Å². The fourth-order valence-electron chi connectivity index (χ4n) is 2.83. The number of rotatable bonds is 3. The van der Waals surface area contributed by atoms with Crippen molar-refractivity contribution in [2.24, 2.45) is 0 Å². The summed E-state index contributed by atoms with van der Waals surface area (Å²) in [6, 6.07) is 1.49. The summed E-state index contributed by atoms with van der Waals surface area (Å²) in [5.41, 5.74) is 3.21. The molecular weight excluding hydrogens is 306 g/mol. The van der Waals surface area contributed by atoms with Crippen molar-refractivity contribution in [2.75, 3.05) is 6.54 Å². The number of carbonyl (C=O) groups is 1. The minimum absolute atomic E-state index is 0.255. The molecule has 1 atom stereocenters. The van der Waals surface area contributed by atoms with Crippen molar-refractivity contribution in [2.45, 2.75) is 53.0 Å². The van der Waals surface area contributed by atoms with E-state index in [2.05, 4.69) is 20.4 Å². The molecule has 1 unspecified atom stereocenters. The van der Waals surface area contributed by atoms with Gasteiger partial charge in [0.2, 0.25) is 5.88 Å². The van der Waals surface area contributed by atoms with Crippen LogP contribution in [0.2, 0.25) is 0 Å². The Morgan fingerprint density at radius 3 is 2.62 bits per heavy atom. The van der Waals surface area contributed by atoms with Gasteiger partial charge in [-0.15, -0.1) is 0 Å². The monoisotopic (exact) mass is 329 g/mol.